The summed E-state index contributed by atoms with van der Waals surface area (Å²) in [5, 5.41) is 21.3. The SMILES string of the molecule is COc1ccc(-n2cnnc2SCc2csc([N+](=O)[O-])c2)cn1. The summed E-state index contributed by atoms with van der Waals surface area (Å²) in [5.74, 6) is 1.11. The van der Waals surface area contributed by atoms with Crippen molar-refractivity contribution in [1.29, 1.82) is 0 Å². The van der Waals surface area contributed by atoms with E-state index in [1.54, 1.807) is 41.7 Å². The number of thiophene rings is 1. The van der Waals surface area contributed by atoms with Crippen LogP contribution in [0.3, 0.4) is 0 Å². The minimum absolute atomic E-state index is 0.140. The predicted molar refractivity (Wildman–Crippen MR) is 86.2 cm³/mol. The first-order chi connectivity index (χ1) is 11.2. The lowest BCUT2D eigenvalue weighted by molar-refractivity contribution is -0.380. The van der Waals surface area contributed by atoms with Crippen molar-refractivity contribution in [2.24, 2.45) is 0 Å². The van der Waals surface area contributed by atoms with Gasteiger partial charge in [-0.15, -0.1) is 10.2 Å². The fourth-order valence-electron chi connectivity index (χ4n) is 1.82. The van der Waals surface area contributed by atoms with E-state index in [1.807, 2.05) is 6.07 Å². The second-order valence-electron chi connectivity index (χ2n) is 4.38. The third-order valence-electron chi connectivity index (χ3n) is 2.91. The average molecular weight is 349 g/mol. The minimum atomic E-state index is -0.385. The van der Waals surface area contributed by atoms with Gasteiger partial charge in [0, 0.05) is 23.3 Å². The third kappa shape index (κ3) is 3.48. The van der Waals surface area contributed by atoms with Crippen LogP contribution in [0.4, 0.5) is 5.00 Å². The summed E-state index contributed by atoms with van der Waals surface area (Å²) in [6.45, 7) is 0. The zero-order valence-electron chi connectivity index (χ0n) is 11.9. The van der Waals surface area contributed by atoms with Crippen LogP contribution in [0.2, 0.25) is 0 Å². The Labute approximate surface area is 139 Å². The zero-order valence-corrected chi connectivity index (χ0v) is 13.6. The van der Waals surface area contributed by atoms with Gasteiger partial charge in [0.25, 0.3) is 0 Å². The van der Waals surface area contributed by atoms with Crippen molar-refractivity contribution in [2.75, 3.05) is 7.11 Å². The van der Waals surface area contributed by atoms with Crippen LogP contribution in [-0.4, -0.2) is 31.8 Å². The van der Waals surface area contributed by atoms with Crippen LogP contribution < -0.4 is 4.74 Å². The molecular formula is C13H11N5O3S2. The molecule has 0 N–H and O–H groups in total. The largest absolute Gasteiger partial charge is 0.481 e. The van der Waals surface area contributed by atoms with Crippen LogP contribution in [0.25, 0.3) is 5.69 Å². The lowest BCUT2D eigenvalue weighted by Gasteiger charge is -2.06. The molecule has 10 heteroatoms. The highest BCUT2D eigenvalue weighted by atomic mass is 32.2. The number of methoxy groups -OCH3 is 1. The van der Waals surface area contributed by atoms with E-state index in [0.717, 1.165) is 22.6 Å². The molecule has 0 aliphatic carbocycles. The van der Waals surface area contributed by atoms with Gasteiger partial charge in [-0.2, -0.15) is 0 Å². The van der Waals surface area contributed by atoms with Gasteiger partial charge in [0.2, 0.25) is 5.88 Å². The first kappa shape index (κ1) is 15.4. The van der Waals surface area contributed by atoms with E-state index >= 15 is 0 Å². The van der Waals surface area contributed by atoms with E-state index < -0.39 is 0 Å². The number of nitro groups is 1. The number of aromatic nitrogens is 4. The molecule has 0 radical (unpaired) electrons. The number of hydrogen-bond donors (Lipinski definition) is 0. The maximum absolute atomic E-state index is 10.7. The summed E-state index contributed by atoms with van der Waals surface area (Å²) in [5.41, 5.74) is 1.70. The molecule has 118 valence electrons. The van der Waals surface area contributed by atoms with Gasteiger partial charge in [0.05, 0.1) is 23.9 Å². The number of rotatable bonds is 6. The maximum atomic E-state index is 10.7. The molecule has 3 rings (SSSR count). The minimum Gasteiger partial charge on any atom is -0.481 e. The van der Waals surface area contributed by atoms with Crippen molar-refractivity contribution in [3.8, 4) is 11.6 Å². The van der Waals surface area contributed by atoms with Crippen LogP contribution in [0.5, 0.6) is 5.88 Å². The summed E-state index contributed by atoms with van der Waals surface area (Å²) >= 11 is 2.57. The Morgan fingerprint density at radius 1 is 1.48 bits per heavy atom. The summed E-state index contributed by atoms with van der Waals surface area (Å²) in [4.78, 5) is 14.5. The summed E-state index contributed by atoms with van der Waals surface area (Å²) in [7, 11) is 1.56. The molecule has 0 aromatic carbocycles. The third-order valence-corrected chi connectivity index (χ3v) is 4.86. The summed E-state index contributed by atoms with van der Waals surface area (Å²) < 4.78 is 6.84. The first-order valence-electron chi connectivity index (χ1n) is 6.42. The Bertz CT molecular complexity index is 815. The quantitative estimate of drug-likeness (QED) is 0.383. The van der Waals surface area contributed by atoms with Gasteiger partial charge in [-0.1, -0.05) is 23.1 Å². The topological polar surface area (TPSA) is 96.0 Å². The van der Waals surface area contributed by atoms with Crippen molar-refractivity contribution >= 4 is 28.1 Å². The van der Waals surface area contributed by atoms with Crippen LogP contribution >= 0.6 is 23.1 Å². The predicted octanol–water partition coefficient (Wildman–Crippen LogP) is 2.93. The van der Waals surface area contributed by atoms with E-state index in [-0.39, 0.29) is 9.92 Å². The summed E-state index contributed by atoms with van der Waals surface area (Å²) in [6.07, 6.45) is 3.27. The molecule has 0 bridgehead atoms. The fraction of sp³-hybridized carbons (Fsp3) is 0.154. The Hall–Kier alpha value is -2.46. The lowest BCUT2D eigenvalue weighted by atomic mass is 10.4. The van der Waals surface area contributed by atoms with Crippen LogP contribution in [0.15, 0.2) is 41.3 Å². The number of hydrogen-bond acceptors (Lipinski definition) is 8. The number of ether oxygens (including phenoxy) is 1. The van der Waals surface area contributed by atoms with Crippen LogP contribution in [-0.2, 0) is 5.75 Å². The molecule has 0 saturated heterocycles. The molecule has 0 amide bonds. The van der Waals surface area contributed by atoms with E-state index in [9.17, 15) is 10.1 Å². The molecule has 8 nitrogen and oxygen atoms in total. The van der Waals surface area contributed by atoms with Crippen molar-refractivity contribution in [3.05, 3.63) is 51.8 Å². The number of pyridine rings is 1. The van der Waals surface area contributed by atoms with Gasteiger partial charge in [0.15, 0.2) is 5.16 Å². The Kier molecular flexibility index (Phi) is 4.53. The smallest absolute Gasteiger partial charge is 0.324 e. The van der Waals surface area contributed by atoms with E-state index in [4.69, 9.17) is 4.74 Å². The van der Waals surface area contributed by atoms with Crippen molar-refractivity contribution in [1.82, 2.24) is 19.7 Å². The monoisotopic (exact) mass is 349 g/mol. The maximum Gasteiger partial charge on any atom is 0.324 e. The molecule has 23 heavy (non-hydrogen) atoms. The zero-order chi connectivity index (χ0) is 16.2. The molecule has 3 aromatic rings. The second kappa shape index (κ2) is 6.75. The summed E-state index contributed by atoms with van der Waals surface area (Å²) in [6, 6.07) is 5.19. The molecule has 0 unspecified atom stereocenters. The van der Waals surface area contributed by atoms with Gasteiger partial charge in [-0.05, 0) is 11.6 Å². The molecule has 3 heterocycles. The number of nitrogens with zero attached hydrogens (tertiary/aromatic N) is 5. The van der Waals surface area contributed by atoms with Gasteiger partial charge in [-0.25, -0.2) is 4.98 Å². The van der Waals surface area contributed by atoms with Crippen molar-refractivity contribution < 1.29 is 9.66 Å². The second-order valence-corrected chi connectivity index (χ2v) is 6.21. The van der Waals surface area contributed by atoms with E-state index in [1.165, 1.54) is 11.8 Å². The van der Waals surface area contributed by atoms with Crippen LogP contribution in [0.1, 0.15) is 5.56 Å². The van der Waals surface area contributed by atoms with Crippen molar-refractivity contribution in [2.45, 2.75) is 10.9 Å². The highest BCUT2D eigenvalue weighted by molar-refractivity contribution is 7.98. The van der Waals surface area contributed by atoms with E-state index in [2.05, 4.69) is 15.2 Å². The average Bonchev–Trinajstić information content (AvgIpc) is 3.22. The molecule has 0 aliphatic heterocycles. The molecule has 0 fully saturated rings. The van der Waals surface area contributed by atoms with Crippen LogP contribution in [0, 0.1) is 10.1 Å². The molecular weight excluding hydrogens is 338 g/mol. The lowest BCUT2D eigenvalue weighted by Crippen LogP contribution is -1.97. The molecule has 0 atom stereocenters. The van der Waals surface area contributed by atoms with Gasteiger partial charge < -0.3 is 4.74 Å². The Morgan fingerprint density at radius 2 is 2.35 bits per heavy atom. The first-order valence-corrected chi connectivity index (χ1v) is 8.29. The molecule has 0 saturated carbocycles. The number of thioether (sulfide) groups is 1. The van der Waals surface area contributed by atoms with Gasteiger partial charge >= 0.3 is 5.00 Å². The highest BCUT2D eigenvalue weighted by Crippen LogP contribution is 2.28. The molecule has 0 aliphatic rings. The highest BCUT2D eigenvalue weighted by Gasteiger charge is 2.12. The standard InChI is InChI=1S/C13H11N5O3S2/c1-21-11-3-2-10(5-14-11)17-8-15-16-13(17)23-7-9-4-12(18(19)20)22-6-9/h2-6,8H,7H2,1H3. The Balaban J connectivity index is 1.73. The van der Waals surface area contributed by atoms with Crippen molar-refractivity contribution in [3.63, 3.8) is 0 Å². The normalized spacial score (nSPS) is 10.7. The van der Waals surface area contributed by atoms with E-state index in [0.29, 0.717) is 16.8 Å². The Morgan fingerprint density at radius 3 is 3.00 bits per heavy atom. The molecule has 0 spiro atoms. The molecule has 3 aromatic heterocycles. The van der Waals surface area contributed by atoms with Gasteiger partial charge in [0.1, 0.15) is 6.33 Å². The van der Waals surface area contributed by atoms with Gasteiger partial charge in [-0.3, -0.25) is 14.7 Å². The fourth-order valence-corrected chi connectivity index (χ4v) is 3.51.